The molecule has 0 aliphatic rings. The second-order valence-electron chi connectivity index (χ2n) is 7.20. The summed E-state index contributed by atoms with van der Waals surface area (Å²) in [5.74, 6) is 0.676. The molecule has 3 rings (SSSR count). The Bertz CT molecular complexity index is 905. The van der Waals surface area contributed by atoms with Gasteiger partial charge in [-0.05, 0) is 64.8 Å². The van der Waals surface area contributed by atoms with Crippen molar-refractivity contribution in [3.05, 3.63) is 50.3 Å². The highest BCUT2D eigenvalue weighted by Gasteiger charge is 2.14. The topological polar surface area (TPSA) is 51.8 Å². The van der Waals surface area contributed by atoms with Gasteiger partial charge in [0.15, 0.2) is 0 Å². The molecule has 1 atom stereocenters. The molecule has 26 heavy (non-hydrogen) atoms. The van der Waals surface area contributed by atoms with Crippen molar-refractivity contribution in [3.63, 3.8) is 0 Å². The highest BCUT2D eigenvalue weighted by Crippen LogP contribution is 2.29. The summed E-state index contributed by atoms with van der Waals surface area (Å²) < 4.78 is 0. The van der Waals surface area contributed by atoms with Crippen molar-refractivity contribution < 1.29 is 0 Å². The highest BCUT2D eigenvalue weighted by molar-refractivity contribution is 7.16. The van der Waals surface area contributed by atoms with E-state index in [2.05, 4.69) is 66.9 Å². The first-order chi connectivity index (χ1) is 12.5. The van der Waals surface area contributed by atoms with Crippen molar-refractivity contribution in [2.45, 2.75) is 52.9 Å². The standard InChI is InChI=1S/C21H27N3S2/c1-5-6-20-15(7-8-25-20)10-18(22)14(4)9-16-12-26-21-17(16)11-19(13(2)3)23-24-21/h7-8,10-14H,5-6,9,22H2,1-4H3. The van der Waals surface area contributed by atoms with Crippen molar-refractivity contribution >= 4 is 39.0 Å². The molecule has 0 fully saturated rings. The number of allylic oxidation sites excluding steroid dienone is 1. The van der Waals surface area contributed by atoms with Crippen LogP contribution in [0.3, 0.4) is 0 Å². The van der Waals surface area contributed by atoms with Crippen molar-refractivity contribution in [1.29, 1.82) is 0 Å². The summed E-state index contributed by atoms with van der Waals surface area (Å²) in [6, 6.07) is 4.38. The van der Waals surface area contributed by atoms with Gasteiger partial charge in [0.1, 0.15) is 4.83 Å². The Labute approximate surface area is 164 Å². The molecule has 138 valence electrons. The molecule has 2 N–H and O–H groups in total. The van der Waals surface area contributed by atoms with E-state index in [1.807, 2.05) is 11.3 Å². The predicted octanol–water partition coefficient (Wildman–Crippen LogP) is 6.01. The van der Waals surface area contributed by atoms with Gasteiger partial charge >= 0.3 is 0 Å². The number of aryl methyl sites for hydroxylation is 1. The van der Waals surface area contributed by atoms with Gasteiger partial charge in [0.2, 0.25) is 0 Å². The van der Waals surface area contributed by atoms with Gasteiger partial charge in [-0.1, -0.05) is 34.1 Å². The summed E-state index contributed by atoms with van der Waals surface area (Å²) in [6.45, 7) is 8.73. The van der Waals surface area contributed by atoms with Crippen LogP contribution in [0.5, 0.6) is 0 Å². The average molecular weight is 386 g/mol. The first kappa shape index (κ1) is 19.1. The van der Waals surface area contributed by atoms with E-state index < -0.39 is 0 Å². The number of thiophene rings is 2. The highest BCUT2D eigenvalue weighted by atomic mass is 32.1. The number of hydrogen-bond acceptors (Lipinski definition) is 5. The molecule has 0 saturated heterocycles. The molecule has 3 aromatic rings. The fourth-order valence-corrected chi connectivity index (χ4v) is 4.87. The van der Waals surface area contributed by atoms with Crippen LogP contribution in [0.25, 0.3) is 16.3 Å². The van der Waals surface area contributed by atoms with Gasteiger partial charge < -0.3 is 5.73 Å². The van der Waals surface area contributed by atoms with Crippen LogP contribution in [-0.2, 0) is 12.8 Å². The van der Waals surface area contributed by atoms with Crippen LogP contribution in [0.2, 0.25) is 0 Å². The Morgan fingerprint density at radius 1 is 1.23 bits per heavy atom. The smallest absolute Gasteiger partial charge is 0.146 e. The van der Waals surface area contributed by atoms with Gasteiger partial charge in [-0.3, -0.25) is 0 Å². The van der Waals surface area contributed by atoms with Crippen LogP contribution in [0, 0.1) is 5.92 Å². The zero-order valence-corrected chi connectivity index (χ0v) is 17.6. The maximum Gasteiger partial charge on any atom is 0.146 e. The molecule has 1 unspecified atom stereocenters. The fourth-order valence-electron chi connectivity index (χ4n) is 3.02. The van der Waals surface area contributed by atoms with E-state index in [9.17, 15) is 0 Å². The summed E-state index contributed by atoms with van der Waals surface area (Å²) in [5, 5.41) is 14.3. The Balaban J connectivity index is 1.81. The minimum atomic E-state index is 0.290. The second kappa shape index (κ2) is 8.31. The van der Waals surface area contributed by atoms with Gasteiger partial charge in [0.05, 0.1) is 5.69 Å². The van der Waals surface area contributed by atoms with E-state index in [4.69, 9.17) is 5.73 Å². The molecular weight excluding hydrogens is 358 g/mol. The fraction of sp³-hybridized carbons (Fsp3) is 0.429. The molecule has 3 aromatic heterocycles. The Morgan fingerprint density at radius 3 is 2.77 bits per heavy atom. The van der Waals surface area contributed by atoms with Crippen molar-refractivity contribution in [2.75, 3.05) is 0 Å². The molecule has 3 nitrogen and oxygen atoms in total. The van der Waals surface area contributed by atoms with Crippen molar-refractivity contribution in [3.8, 4) is 0 Å². The first-order valence-corrected chi connectivity index (χ1v) is 11.0. The maximum absolute atomic E-state index is 6.45. The van der Waals surface area contributed by atoms with E-state index >= 15 is 0 Å². The van der Waals surface area contributed by atoms with E-state index in [-0.39, 0.29) is 5.92 Å². The molecule has 0 bridgehead atoms. The van der Waals surface area contributed by atoms with E-state index in [1.165, 1.54) is 21.4 Å². The van der Waals surface area contributed by atoms with Crippen LogP contribution in [0.4, 0.5) is 0 Å². The Morgan fingerprint density at radius 2 is 2.04 bits per heavy atom. The summed E-state index contributed by atoms with van der Waals surface area (Å²) in [6.07, 6.45) is 5.38. The lowest BCUT2D eigenvalue weighted by Gasteiger charge is -2.12. The largest absolute Gasteiger partial charge is 0.402 e. The first-order valence-electron chi connectivity index (χ1n) is 9.26. The summed E-state index contributed by atoms with van der Waals surface area (Å²) >= 11 is 3.50. The van der Waals surface area contributed by atoms with Crippen molar-refractivity contribution in [1.82, 2.24) is 10.2 Å². The lowest BCUT2D eigenvalue weighted by Crippen LogP contribution is -2.11. The number of aromatic nitrogens is 2. The zero-order valence-electron chi connectivity index (χ0n) is 16.0. The second-order valence-corrected chi connectivity index (χ2v) is 9.06. The van der Waals surface area contributed by atoms with Crippen molar-refractivity contribution in [2.24, 2.45) is 11.7 Å². The monoisotopic (exact) mass is 385 g/mol. The van der Waals surface area contributed by atoms with Gasteiger partial charge in [0, 0.05) is 16.0 Å². The van der Waals surface area contributed by atoms with Gasteiger partial charge in [-0.25, -0.2) is 0 Å². The number of hydrogen-bond donors (Lipinski definition) is 1. The molecule has 5 heteroatoms. The molecule has 0 spiro atoms. The normalized spacial score (nSPS) is 13.7. The van der Waals surface area contributed by atoms with Gasteiger partial charge in [0.25, 0.3) is 0 Å². The minimum absolute atomic E-state index is 0.290. The Kier molecular flexibility index (Phi) is 6.09. The van der Waals surface area contributed by atoms with E-state index in [0.717, 1.165) is 35.5 Å². The molecule has 0 radical (unpaired) electrons. The molecular formula is C21H27N3S2. The molecule has 3 heterocycles. The number of nitrogens with zero attached hydrogens (tertiary/aromatic N) is 2. The third-order valence-electron chi connectivity index (χ3n) is 4.70. The van der Waals surface area contributed by atoms with E-state index in [1.54, 1.807) is 11.3 Å². The molecule has 0 saturated carbocycles. The average Bonchev–Trinajstić information content (AvgIpc) is 3.22. The third kappa shape index (κ3) is 4.15. The summed E-state index contributed by atoms with van der Waals surface area (Å²) in [7, 11) is 0. The van der Waals surface area contributed by atoms with Gasteiger partial charge in [-0.2, -0.15) is 5.10 Å². The van der Waals surface area contributed by atoms with Crippen LogP contribution in [0.15, 0.2) is 28.6 Å². The summed E-state index contributed by atoms with van der Waals surface area (Å²) in [4.78, 5) is 2.45. The molecule has 0 amide bonds. The quantitative estimate of drug-likeness (QED) is 0.542. The van der Waals surface area contributed by atoms with Crippen LogP contribution >= 0.6 is 22.7 Å². The van der Waals surface area contributed by atoms with Crippen LogP contribution in [0.1, 0.15) is 61.7 Å². The Hall–Kier alpha value is -1.72. The maximum atomic E-state index is 6.45. The minimum Gasteiger partial charge on any atom is -0.402 e. The summed E-state index contributed by atoms with van der Waals surface area (Å²) in [5.41, 5.74) is 11.1. The molecule has 0 aliphatic carbocycles. The molecule has 0 aliphatic heterocycles. The molecule has 0 aromatic carbocycles. The predicted molar refractivity (Wildman–Crippen MR) is 115 cm³/mol. The van der Waals surface area contributed by atoms with Gasteiger partial charge in [-0.15, -0.1) is 27.8 Å². The zero-order chi connectivity index (χ0) is 18.7. The van der Waals surface area contributed by atoms with Crippen LogP contribution < -0.4 is 5.73 Å². The number of fused-ring (bicyclic) bond motifs is 1. The lowest BCUT2D eigenvalue weighted by atomic mass is 9.96. The number of rotatable bonds is 7. The number of nitrogens with two attached hydrogens (primary N) is 1. The van der Waals surface area contributed by atoms with E-state index in [0.29, 0.717) is 5.92 Å². The third-order valence-corrected chi connectivity index (χ3v) is 6.63. The lowest BCUT2D eigenvalue weighted by molar-refractivity contribution is 0.677. The van der Waals surface area contributed by atoms with Crippen LogP contribution in [-0.4, -0.2) is 10.2 Å². The SMILES string of the molecule is CCCc1sccc1C=C(N)C(C)Cc1csc2nnc(C(C)C)cc12.